The number of benzene rings is 2. The van der Waals surface area contributed by atoms with Crippen molar-refractivity contribution >= 4 is 22.5 Å². The highest BCUT2D eigenvalue weighted by atomic mass is 35.5. The first-order valence-electron chi connectivity index (χ1n) is 6.43. The van der Waals surface area contributed by atoms with Crippen molar-refractivity contribution in [2.24, 2.45) is 0 Å². The molecule has 4 heteroatoms. The normalized spacial score (nSPS) is 10.3. The van der Waals surface area contributed by atoms with Crippen LogP contribution in [0.1, 0.15) is 11.1 Å². The van der Waals surface area contributed by atoms with Crippen molar-refractivity contribution in [1.82, 2.24) is 4.98 Å². The Labute approximate surface area is 127 Å². The van der Waals surface area contributed by atoms with Gasteiger partial charge in [0.25, 0.3) is 0 Å². The van der Waals surface area contributed by atoms with Crippen molar-refractivity contribution in [3.05, 3.63) is 70.9 Å². The number of pyridine rings is 1. The Balaban J connectivity index is 1.84. The number of nitrogens with zero attached hydrogens (tertiary/aromatic N) is 2. The van der Waals surface area contributed by atoms with E-state index in [1.165, 1.54) is 0 Å². The largest absolute Gasteiger partial charge is 0.489 e. The summed E-state index contributed by atoms with van der Waals surface area (Å²) in [4.78, 5) is 4.39. The summed E-state index contributed by atoms with van der Waals surface area (Å²) in [6, 6.07) is 17.0. The van der Waals surface area contributed by atoms with Crippen molar-refractivity contribution in [2.75, 3.05) is 0 Å². The monoisotopic (exact) mass is 294 g/mol. The lowest BCUT2D eigenvalue weighted by molar-refractivity contribution is 0.307. The van der Waals surface area contributed by atoms with E-state index in [-0.39, 0.29) is 0 Å². The molecule has 0 spiro atoms. The van der Waals surface area contributed by atoms with Gasteiger partial charge in [-0.1, -0.05) is 35.9 Å². The zero-order valence-corrected chi connectivity index (χ0v) is 11.8. The maximum Gasteiger partial charge on any atom is 0.121 e. The molecular formula is C17H11ClN2O. The van der Waals surface area contributed by atoms with Crippen molar-refractivity contribution < 1.29 is 4.74 Å². The Kier molecular flexibility index (Phi) is 3.72. The molecule has 0 unspecified atom stereocenters. The van der Waals surface area contributed by atoms with E-state index in [4.69, 9.17) is 21.6 Å². The highest BCUT2D eigenvalue weighted by molar-refractivity contribution is 6.31. The molecule has 0 saturated heterocycles. The first kappa shape index (κ1) is 13.4. The van der Waals surface area contributed by atoms with Gasteiger partial charge in [0.05, 0.1) is 16.1 Å². The average Bonchev–Trinajstić information content (AvgIpc) is 2.53. The third-order valence-electron chi connectivity index (χ3n) is 3.17. The summed E-state index contributed by atoms with van der Waals surface area (Å²) in [5.74, 6) is 0.631. The number of rotatable bonds is 3. The van der Waals surface area contributed by atoms with Gasteiger partial charge in [0, 0.05) is 23.2 Å². The van der Waals surface area contributed by atoms with Gasteiger partial charge in [-0.2, -0.15) is 5.26 Å². The van der Waals surface area contributed by atoms with Crippen molar-refractivity contribution in [2.45, 2.75) is 6.61 Å². The molecule has 0 bridgehead atoms. The number of hydrogen-bond donors (Lipinski definition) is 0. The van der Waals surface area contributed by atoms with Gasteiger partial charge in [-0.05, 0) is 18.2 Å². The highest BCUT2D eigenvalue weighted by Gasteiger charge is 2.05. The molecule has 2 aromatic carbocycles. The van der Waals surface area contributed by atoms with Gasteiger partial charge in [-0.3, -0.25) is 4.98 Å². The van der Waals surface area contributed by atoms with Crippen LogP contribution in [-0.4, -0.2) is 4.98 Å². The van der Waals surface area contributed by atoms with Crippen molar-refractivity contribution in [3.63, 3.8) is 0 Å². The number of ether oxygens (including phenoxy) is 1. The van der Waals surface area contributed by atoms with Gasteiger partial charge in [0.2, 0.25) is 0 Å². The van der Waals surface area contributed by atoms with E-state index in [9.17, 15) is 0 Å². The van der Waals surface area contributed by atoms with Crippen LogP contribution in [0.5, 0.6) is 5.75 Å². The summed E-state index contributed by atoms with van der Waals surface area (Å²) in [7, 11) is 0. The number of para-hydroxylation sites is 1. The zero-order chi connectivity index (χ0) is 14.7. The Morgan fingerprint density at radius 1 is 1.14 bits per heavy atom. The highest BCUT2D eigenvalue weighted by Crippen LogP contribution is 2.23. The number of nitriles is 1. The van der Waals surface area contributed by atoms with E-state index in [0.717, 1.165) is 16.5 Å². The maximum absolute atomic E-state index is 8.85. The lowest BCUT2D eigenvalue weighted by Crippen LogP contribution is -1.97. The van der Waals surface area contributed by atoms with Crippen LogP contribution in [0.3, 0.4) is 0 Å². The van der Waals surface area contributed by atoms with E-state index < -0.39 is 0 Å². The van der Waals surface area contributed by atoms with Crippen molar-refractivity contribution in [1.29, 1.82) is 5.26 Å². The molecule has 0 atom stereocenters. The molecule has 0 aliphatic carbocycles. The van der Waals surface area contributed by atoms with Crippen molar-refractivity contribution in [3.8, 4) is 11.8 Å². The van der Waals surface area contributed by atoms with E-state index >= 15 is 0 Å². The first-order valence-corrected chi connectivity index (χ1v) is 6.81. The molecule has 0 N–H and O–H groups in total. The van der Waals surface area contributed by atoms with Gasteiger partial charge in [0.15, 0.2) is 0 Å². The molecule has 0 saturated carbocycles. The lowest BCUT2D eigenvalue weighted by atomic mass is 10.1. The number of aromatic nitrogens is 1. The SMILES string of the molecule is N#Cc1ccc(OCc2cccc3cccnc23)cc1Cl. The van der Waals surface area contributed by atoms with Crippen LogP contribution in [0, 0.1) is 11.3 Å². The molecule has 0 fully saturated rings. The number of fused-ring (bicyclic) bond motifs is 1. The summed E-state index contributed by atoms with van der Waals surface area (Å²) in [5, 5.41) is 10.3. The summed E-state index contributed by atoms with van der Waals surface area (Å²) in [6.07, 6.45) is 1.77. The van der Waals surface area contributed by atoms with Crippen LogP contribution in [0.4, 0.5) is 0 Å². The predicted octanol–water partition coefficient (Wildman–Crippen LogP) is 4.34. The molecular weight excluding hydrogens is 284 g/mol. The second-order valence-electron chi connectivity index (χ2n) is 4.53. The molecule has 3 aromatic rings. The molecule has 21 heavy (non-hydrogen) atoms. The van der Waals surface area contributed by atoms with Crippen LogP contribution < -0.4 is 4.74 Å². The minimum absolute atomic E-state index is 0.394. The topological polar surface area (TPSA) is 45.9 Å². The molecule has 3 nitrogen and oxygen atoms in total. The minimum Gasteiger partial charge on any atom is -0.489 e. The summed E-state index contributed by atoms with van der Waals surface area (Å²) in [5.41, 5.74) is 2.38. The molecule has 0 aliphatic heterocycles. The lowest BCUT2D eigenvalue weighted by Gasteiger charge is -2.09. The fourth-order valence-electron chi connectivity index (χ4n) is 2.12. The summed E-state index contributed by atoms with van der Waals surface area (Å²) >= 11 is 5.99. The van der Waals surface area contributed by atoms with E-state index in [2.05, 4.69) is 4.98 Å². The fourth-order valence-corrected chi connectivity index (χ4v) is 2.33. The zero-order valence-electron chi connectivity index (χ0n) is 11.1. The van der Waals surface area contributed by atoms with Gasteiger partial charge in [0.1, 0.15) is 18.4 Å². The Bertz CT molecular complexity index is 834. The fraction of sp³-hybridized carbons (Fsp3) is 0.0588. The van der Waals surface area contributed by atoms with Gasteiger partial charge in [-0.25, -0.2) is 0 Å². The van der Waals surface area contributed by atoms with Crippen LogP contribution >= 0.6 is 11.6 Å². The van der Waals surface area contributed by atoms with E-state index in [1.807, 2.05) is 36.4 Å². The maximum atomic E-state index is 8.85. The first-order chi connectivity index (χ1) is 10.3. The number of hydrogen-bond acceptors (Lipinski definition) is 3. The quantitative estimate of drug-likeness (QED) is 0.722. The van der Waals surface area contributed by atoms with Gasteiger partial charge in [-0.15, -0.1) is 0 Å². The van der Waals surface area contributed by atoms with Gasteiger partial charge < -0.3 is 4.74 Å². The average molecular weight is 295 g/mol. The third-order valence-corrected chi connectivity index (χ3v) is 3.48. The molecule has 0 radical (unpaired) electrons. The summed E-state index contributed by atoms with van der Waals surface area (Å²) < 4.78 is 5.75. The molecule has 102 valence electrons. The standard InChI is InChI=1S/C17H11ClN2O/c18-16-9-15(7-6-13(16)10-19)21-11-14-4-1-3-12-5-2-8-20-17(12)14/h1-9H,11H2. The second kappa shape index (κ2) is 5.82. The number of halogens is 1. The Morgan fingerprint density at radius 3 is 2.81 bits per heavy atom. The molecule has 0 aliphatic rings. The smallest absolute Gasteiger partial charge is 0.121 e. The van der Waals surface area contributed by atoms with Crippen LogP contribution in [0.15, 0.2) is 54.7 Å². The molecule has 0 amide bonds. The third kappa shape index (κ3) is 2.81. The Hall–Kier alpha value is -2.57. The minimum atomic E-state index is 0.394. The van der Waals surface area contributed by atoms with Crippen LogP contribution in [0.2, 0.25) is 5.02 Å². The molecule has 1 aromatic heterocycles. The Morgan fingerprint density at radius 2 is 2.00 bits per heavy atom. The molecule has 1 heterocycles. The van der Waals surface area contributed by atoms with Crippen LogP contribution in [0.25, 0.3) is 10.9 Å². The van der Waals surface area contributed by atoms with Crippen LogP contribution in [-0.2, 0) is 6.61 Å². The molecule has 3 rings (SSSR count). The second-order valence-corrected chi connectivity index (χ2v) is 4.94. The van der Waals surface area contributed by atoms with E-state index in [0.29, 0.717) is 22.9 Å². The van der Waals surface area contributed by atoms with Gasteiger partial charge >= 0.3 is 0 Å². The summed E-state index contributed by atoms with van der Waals surface area (Å²) in [6.45, 7) is 0.399. The predicted molar refractivity (Wildman–Crippen MR) is 82.2 cm³/mol. The van der Waals surface area contributed by atoms with E-state index in [1.54, 1.807) is 24.4 Å².